The minimum Gasteiger partial charge on any atom is -0.481 e. The molecule has 132 valence electrons. The Morgan fingerprint density at radius 1 is 1.22 bits per heavy atom. The van der Waals surface area contributed by atoms with E-state index in [2.05, 4.69) is 13.0 Å². The van der Waals surface area contributed by atoms with Crippen LogP contribution in [0.25, 0.3) is 0 Å². The van der Waals surface area contributed by atoms with Crippen molar-refractivity contribution in [3.8, 4) is 0 Å². The number of allylic oxidation sites excluding steroid dienone is 2. The third-order valence-electron chi connectivity index (χ3n) is 4.42. The van der Waals surface area contributed by atoms with Gasteiger partial charge in [-0.15, -0.1) is 0 Å². The largest absolute Gasteiger partial charge is 0.481 e. The highest BCUT2D eigenvalue weighted by Crippen LogP contribution is 2.36. The summed E-state index contributed by atoms with van der Waals surface area (Å²) >= 11 is 0. The van der Waals surface area contributed by atoms with Gasteiger partial charge in [-0.1, -0.05) is 31.2 Å². The van der Waals surface area contributed by atoms with Crippen LogP contribution in [0.5, 0.6) is 0 Å². The predicted molar refractivity (Wildman–Crippen MR) is 88.9 cm³/mol. The van der Waals surface area contributed by atoms with E-state index in [1.807, 2.05) is 12.2 Å². The van der Waals surface area contributed by atoms with Gasteiger partial charge in [0, 0.05) is 18.8 Å². The molecule has 0 bridgehead atoms. The van der Waals surface area contributed by atoms with Crippen LogP contribution in [0.15, 0.2) is 24.3 Å². The highest BCUT2D eigenvalue weighted by molar-refractivity contribution is 5.66. The molecule has 5 atom stereocenters. The molecule has 0 unspecified atom stereocenters. The summed E-state index contributed by atoms with van der Waals surface area (Å²) in [5.74, 6) is -0.996. The molecule has 5 heteroatoms. The zero-order valence-electron chi connectivity index (χ0n) is 13.8. The number of hydrogen-bond acceptors (Lipinski definition) is 4. The summed E-state index contributed by atoms with van der Waals surface area (Å²) in [4.78, 5) is 10.4. The van der Waals surface area contributed by atoms with Crippen LogP contribution in [0.3, 0.4) is 0 Å². The molecule has 1 rings (SSSR count). The molecule has 0 aromatic rings. The number of carbonyl (C=O) groups is 1. The van der Waals surface area contributed by atoms with Crippen LogP contribution < -0.4 is 0 Å². The lowest BCUT2D eigenvalue weighted by Crippen LogP contribution is -2.20. The van der Waals surface area contributed by atoms with E-state index in [0.717, 1.165) is 12.8 Å². The van der Waals surface area contributed by atoms with Crippen molar-refractivity contribution in [1.29, 1.82) is 0 Å². The maximum Gasteiger partial charge on any atom is 0.303 e. The molecule has 4 N–H and O–H groups in total. The third-order valence-corrected chi connectivity index (χ3v) is 4.42. The van der Waals surface area contributed by atoms with E-state index in [4.69, 9.17) is 5.11 Å². The summed E-state index contributed by atoms with van der Waals surface area (Å²) in [6.45, 7) is 2.05. The molecule has 5 nitrogen and oxygen atoms in total. The van der Waals surface area contributed by atoms with Crippen molar-refractivity contribution in [2.45, 2.75) is 70.2 Å². The van der Waals surface area contributed by atoms with Crippen molar-refractivity contribution in [2.75, 3.05) is 0 Å². The molecule has 0 saturated heterocycles. The third kappa shape index (κ3) is 7.29. The fourth-order valence-corrected chi connectivity index (χ4v) is 3.11. The second kappa shape index (κ2) is 10.6. The number of carboxylic acids is 1. The van der Waals surface area contributed by atoms with Crippen molar-refractivity contribution in [3.63, 3.8) is 0 Å². The van der Waals surface area contributed by atoms with Crippen molar-refractivity contribution >= 4 is 5.97 Å². The Hall–Kier alpha value is -1.17. The molecule has 1 aliphatic carbocycles. The van der Waals surface area contributed by atoms with Gasteiger partial charge in [-0.05, 0) is 38.0 Å². The van der Waals surface area contributed by atoms with Crippen LogP contribution in [-0.2, 0) is 4.79 Å². The van der Waals surface area contributed by atoms with Crippen LogP contribution in [0, 0.1) is 11.8 Å². The fraction of sp³-hybridized carbons (Fsp3) is 0.722. The first kappa shape index (κ1) is 19.9. The zero-order chi connectivity index (χ0) is 17.2. The normalized spacial score (nSPS) is 29.6. The van der Waals surface area contributed by atoms with E-state index in [0.29, 0.717) is 25.7 Å². The zero-order valence-corrected chi connectivity index (χ0v) is 13.8. The van der Waals surface area contributed by atoms with Crippen molar-refractivity contribution in [3.05, 3.63) is 24.3 Å². The van der Waals surface area contributed by atoms with Gasteiger partial charge in [0.1, 0.15) is 0 Å². The number of hydrogen-bond donors (Lipinski definition) is 4. The second-order valence-corrected chi connectivity index (χ2v) is 6.32. The lowest BCUT2D eigenvalue weighted by molar-refractivity contribution is -0.137. The maximum absolute atomic E-state index is 10.4. The molecule has 0 amide bonds. The Labute approximate surface area is 138 Å². The Morgan fingerprint density at radius 3 is 2.61 bits per heavy atom. The number of rotatable bonds is 10. The van der Waals surface area contributed by atoms with Gasteiger partial charge < -0.3 is 20.4 Å². The molecule has 0 spiro atoms. The van der Waals surface area contributed by atoms with Crippen molar-refractivity contribution < 1.29 is 25.2 Å². The van der Waals surface area contributed by atoms with Gasteiger partial charge in [0.15, 0.2) is 0 Å². The minimum absolute atomic E-state index is 0.0248. The molecule has 23 heavy (non-hydrogen) atoms. The summed E-state index contributed by atoms with van der Waals surface area (Å²) in [6, 6.07) is 0. The minimum atomic E-state index is -0.818. The monoisotopic (exact) mass is 326 g/mol. The Balaban J connectivity index is 2.47. The first-order valence-electron chi connectivity index (χ1n) is 8.55. The molecule has 0 aromatic carbocycles. The van der Waals surface area contributed by atoms with Crippen LogP contribution in [0.1, 0.15) is 51.9 Å². The Bertz CT molecular complexity index is 404. The highest BCUT2D eigenvalue weighted by Gasteiger charge is 2.39. The van der Waals surface area contributed by atoms with E-state index in [1.54, 1.807) is 6.08 Å². The van der Waals surface area contributed by atoms with Gasteiger partial charge in [-0.25, -0.2) is 0 Å². The van der Waals surface area contributed by atoms with E-state index in [-0.39, 0.29) is 18.3 Å². The van der Waals surface area contributed by atoms with Gasteiger partial charge in [0.2, 0.25) is 0 Å². The van der Waals surface area contributed by atoms with Crippen LogP contribution >= 0.6 is 0 Å². The van der Waals surface area contributed by atoms with Gasteiger partial charge in [-0.3, -0.25) is 4.79 Å². The quantitative estimate of drug-likeness (QED) is 0.365. The Morgan fingerprint density at radius 2 is 1.96 bits per heavy atom. The lowest BCUT2D eigenvalue weighted by Gasteiger charge is -2.19. The average Bonchev–Trinajstić information content (AvgIpc) is 2.75. The lowest BCUT2D eigenvalue weighted by atomic mass is 9.89. The number of aliphatic hydroxyl groups excluding tert-OH is 3. The molecule has 0 radical (unpaired) electrons. The average molecular weight is 326 g/mol. The number of carboxylic acid groups (broad SMARTS) is 1. The smallest absolute Gasteiger partial charge is 0.303 e. The summed E-state index contributed by atoms with van der Waals surface area (Å²) in [5, 5.41) is 38.7. The highest BCUT2D eigenvalue weighted by atomic mass is 16.4. The summed E-state index contributed by atoms with van der Waals surface area (Å²) in [7, 11) is 0. The molecule has 0 heterocycles. The summed E-state index contributed by atoms with van der Waals surface area (Å²) in [5.41, 5.74) is 0. The van der Waals surface area contributed by atoms with Crippen LogP contribution in [0.4, 0.5) is 0 Å². The van der Waals surface area contributed by atoms with Gasteiger partial charge >= 0.3 is 5.97 Å². The van der Waals surface area contributed by atoms with Gasteiger partial charge in [-0.2, -0.15) is 0 Å². The van der Waals surface area contributed by atoms with Crippen LogP contribution in [-0.4, -0.2) is 44.7 Å². The van der Waals surface area contributed by atoms with E-state index < -0.39 is 24.3 Å². The molecule has 1 saturated carbocycles. The van der Waals surface area contributed by atoms with Gasteiger partial charge in [0.05, 0.1) is 18.3 Å². The van der Waals surface area contributed by atoms with E-state index in [1.165, 1.54) is 0 Å². The van der Waals surface area contributed by atoms with E-state index >= 15 is 0 Å². The molecular weight excluding hydrogens is 296 g/mol. The van der Waals surface area contributed by atoms with Gasteiger partial charge in [0.25, 0.3) is 0 Å². The topological polar surface area (TPSA) is 98.0 Å². The first-order chi connectivity index (χ1) is 11.0. The molecule has 0 aromatic heterocycles. The predicted octanol–water partition coefficient (Wildman–Crippen LogP) is 2.26. The summed E-state index contributed by atoms with van der Waals surface area (Å²) < 4.78 is 0. The second-order valence-electron chi connectivity index (χ2n) is 6.32. The maximum atomic E-state index is 10.4. The number of aliphatic hydroxyl groups is 3. The molecule has 1 aliphatic rings. The molecular formula is C18H30O5. The molecule has 1 fully saturated rings. The Kier molecular flexibility index (Phi) is 9.14. The number of aliphatic carboxylic acids is 1. The molecule has 0 aliphatic heterocycles. The van der Waals surface area contributed by atoms with E-state index in [9.17, 15) is 20.1 Å². The SMILES string of the molecule is CC/C=C\C[C@@H]1[C@H](/C=C/[C@H](O)CCCCC(=O)O)[C@H](O)C[C@@H]1O. The standard InChI is InChI=1S/C18H30O5/c1-2-3-4-8-14-15(17(21)12-16(14)20)11-10-13(19)7-5-6-9-18(22)23/h3-4,10-11,13-17,19-21H,2,5-9,12H2,1H3,(H,22,23)/b4-3-,11-10+/t13-,14-,15+,16+,17-/m1/s1. The number of unbranched alkanes of at least 4 members (excludes halogenated alkanes) is 1. The van der Waals surface area contributed by atoms with Crippen LogP contribution in [0.2, 0.25) is 0 Å². The van der Waals surface area contributed by atoms with Crippen molar-refractivity contribution in [2.24, 2.45) is 11.8 Å². The van der Waals surface area contributed by atoms with Crippen molar-refractivity contribution in [1.82, 2.24) is 0 Å². The first-order valence-corrected chi connectivity index (χ1v) is 8.55. The fourth-order valence-electron chi connectivity index (χ4n) is 3.11. The summed E-state index contributed by atoms with van der Waals surface area (Å²) in [6.07, 6.45) is 9.69.